The molecular weight excluding hydrogens is 262 g/mol. The molecule has 3 rings (SSSR count). The fraction of sp³-hybridized carbons (Fsp3) is 0.714. The fourth-order valence-electron chi connectivity index (χ4n) is 3.57. The molecular formula is C14H19NO5. The van der Waals surface area contributed by atoms with Crippen molar-refractivity contribution in [2.24, 2.45) is 11.8 Å². The molecule has 0 radical (unpaired) electrons. The van der Waals surface area contributed by atoms with Crippen LogP contribution in [0.5, 0.6) is 0 Å². The topological polar surface area (TPSA) is 65.1 Å². The van der Waals surface area contributed by atoms with E-state index in [9.17, 15) is 9.59 Å². The van der Waals surface area contributed by atoms with E-state index in [0.29, 0.717) is 19.7 Å². The summed E-state index contributed by atoms with van der Waals surface area (Å²) in [5.41, 5.74) is -0.631. The summed E-state index contributed by atoms with van der Waals surface area (Å²) in [6.45, 7) is 1.75. The van der Waals surface area contributed by atoms with Crippen molar-refractivity contribution in [3.8, 4) is 0 Å². The number of carbonyl (C=O) groups excluding carboxylic acids is 2. The van der Waals surface area contributed by atoms with Gasteiger partial charge in [-0.15, -0.1) is 0 Å². The summed E-state index contributed by atoms with van der Waals surface area (Å²) < 4.78 is 15.8. The highest BCUT2D eigenvalue weighted by molar-refractivity contribution is 5.91. The molecule has 0 aromatic carbocycles. The first-order valence-corrected chi connectivity index (χ1v) is 6.86. The van der Waals surface area contributed by atoms with Gasteiger partial charge in [0.1, 0.15) is 11.5 Å². The van der Waals surface area contributed by atoms with Gasteiger partial charge in [-0.25, -0.2) is 0 Å². The Morgan fingerprint density at radius 1 is 1.55 bits per heavy atom. The van der Waals surface area contributed by atoms with Gasteiger partial charge in [0.25, 0.3) is 0 Å². The van der Waals surface area contributed by atoms with E-state index in [1.54, 1.807) is 12.0 Å². The number of nitrogens with zero attached hydrogens (tertiary/aromatic N) is 1. The summed E-state index contributed by atoms with van der Waals surface area (Å²) in [7, 11) is 2.99. The van der Waals surface area contributed by atoms with Crippen LogP contribution in [0.25, 0.3) is 0 Å². The number of ether oxygens (including phenoxy) is 3. The number of hydrogen-bond acceptors (Lipinski definition) is 5. The van der Waals surface area contributed by atoms with Crippen molar-refractivity contribution < 1.29 is 23.8 Å². The zero-order chi connectivity index (χ0) is 14.3. The van der Waals surface area contributed by atoms with Crippen molar-refractivity contribution in [2.45, 2.75) is 18.1 Å². The molecule has 0 saturated carbocycles. The number of amides is 1. The van der Waals surface area contributed by atoms with Crippen LogP contribution in [-0.2, 0) is 23.8 Å². The van der Waals surface area contributed by atoms with Crippen molar-refractivity contribution in [3.05, 3.63) is 12.2 Å². The lowest BCUT2D eigenvalue weighted by molar-refractivity contribution is -0.151. The van der Waals surface area contributed by atoms with Gasteiger partial charge < -0.3 is 19.1 Å². The number of methoxy groups -OCH3 is 2. The van der Waals surface area contributed by atoms with Gasteiger partial charge in [0, 0.05) is 20.3 Å². The number of rotatable bonds is 5. The number of carbonyl (C=O) groups is 2. The molecule has 110 valence electrons. The van der Waals surface area contributed by atoms with E-state index in [2.05, 4.69) is 0 Å². The fourth-order valence-corrected chi connectivity index (χ4v) is 3.57. The Balaban J connectivity index is 1.79. The lowest BCUT2D eigenvalue weighted by Gasteiger charge is -2.22. The average Bonchev–Trinajstić information content (AvgIpc) is 3.07. The standard InChI is InChI=1S/C14H19NO5/c1-18-7-3-6-15-8-14-5-4-9(20-14)10(13(17)19-2)11(14)12(15)16/h4-5,9-11H,3,6-8H2,1-2H3/t9-,10-,11-,14+/m0/s1. The van der Waals surface area contributed by atoms with Crippen LogP contribution < -0.4 is 0 Å². The molecule has 0 aliphatic carbocycles. The summed E-state index contributed by atoms with van der Waals surface area (Å²) >= 11 is 0. The smallest absolute Gasteiger partial charge is 0.312 e. The van der Waals surface area contributed by atoms with Crippen molar-refractivity contribution in [1.82, 2.24) is 4.90 Å². The third-order valence-corrected chi connectivity index (χ3v) is 4.43. The first-order valence-electron chi connectivity index (χ1n) is 6.86. The molecule has 6 heteroatoms. The van der Waals surface area contributed by atoms with Crippen LogP contribution in [-0.4, -0.2) is 62.4 Å². The predicted octanol–water partition coefficient (Wildman–Crippen LogP) is -0.0221. The van der Waals surface area contributed by atoms with E-state index in [0.717, 1.165) is 6.42 Å². The summed E-state index contributed by atoms with van der Waals surface area (Å²) in [5.74, 6) is -1.32. The highest BCUT2D eigenvalue weighted by atomic mass is 16.5. The van der Waals surface area contributed by atoms with Crippen LogP contribution in [0.1, 0.15) is 6.42 Å². The molecule has 3 aliphatic heterocycles. The monoisotopic (exact) mass is 281 g/mol. The molecule has 0 unspecified atom stereocenters. The summed E-state index contributed by atoms with van der Waals surface area (Å²) in [6.07, 6.45) is 4.28. The van der Waals surface area contributed by atoms with Gasteiger partial charge in [-0.1, -0.05) is 12.2 Å². The zero-order valence-electron chi connectivity index (χ0n) is 11.7. The summed E-state index contributed by atoms with van der Waals surface area (Å²) in [6, 6.07) is 0. The number of hydrogen-bond donors (Lipinski definition) is 0. The lowest BCUT2D eigenvalue weighted by Crippen LogP contribution is -2.39. The Morgan fingerprint density at radius 3 is 3.05 bits per heavy atom. The maximum absolute atomic E-state index is 12.6. The molecule has 0 aromatic heterocycles. The molecule has 2 bridgehead atoms. The highest BCUT2D eigenvalue weighted by Gasteiger charge is 2.67. The summed E-state index contributed by atoms with van der Waals surface area (Å²) in [4.78, 5) is 26.3. The molecule has 1 spiro atoms. The van der Waals surface area contributed by atoms with E-state index < -0.39 is 17.4 Å². The Labute approximate surface area is 117 Å². The molecule has 6 nitrogen and oxygen atoms in total. The Bertz CT molecular complexity index is 462. The Kier molecular flexibility index (Phi) is 3.30. The minimum Gasteiger partial charge on any atom is -0.469 e. The number of esters is 1. The molecule has 0 N–H and O–H groups in total. The van der Waals surface area contributed by atoms with Crippen LogP contribution >= 0.6 is 0 Å². The second-order valence-corrected chi connectivity index (χ2v) is 5.53. The third kappa shape index (κ3) is 1.78. The van der Waals surface area contributed by atoms with E-state index in [4.69, 9.17) is 14.2 Å². The molecule has 4 atom stereocenters. The average molecular weight is 281 g/mol. The van der Waals surface area contributed by atoms with Crippen LogP contribution in [0.3, 0.4) is 0 Å². The van der Waals surface area contributed by atoms with E-state index >= 15 is 0 Å². The van der Waals surface area contributed by atoms with Gasteiger partial charge in [-0.05, 0) is 6.42 Å². The lowest BCUT2D eigenvalue weighted by atomic mass is 9.77. The van der Waals surface area contributed by atoms with Crippen LogP contribution in [0.2, 0.25) is 0 Å². The molecule has 1 amide bonds. The predicted molar refractivity (Wildman–Crippen MR) is 68.8 cm³/mol. The maximum atomic E-state index is 12.6. The number of likely N-dealkylation sites (tertiary alicyclic amines) is 1. The molecule has 3 aliphatic rings. The Morgan fingerprint density at radius 2 is 2.35 bits per heavy atom. The summed E-state index contributed by atoms with van der Waals surface area (Å²) in [5, 5.41) is 0. The van der Waals surface area contributed by atoms with Gasteiger partial charge in [0.2, 0.25) is 5.91 Å². The second-order valence-electron chi connectivity index (χ2n) is 5.53. The van der Waals surface area contributed by atoms with Gasteiger partial charge >= 0.3 is 5.97 Å². The number of fused-ring (bicyclic) bond motifs is 1. The molecule has 2 saturated heterocycles. The SMILES string of the molecule is COCCCN1C[C@@]23C=C[C@H](O2)[C@H](C(=O)OC)[C@H]3C1=O. The van der Waals surface area contributed by atoms with E-state index in [-0.39, 0.29) is 18.0 Å². The van der Waals surface area contributed by atoms with Crippen LogP contribution in [0.15, 0.2) is 12.2 Å². The van der Waals surface area contributed by atoms with Crippen LogP contribution in [0.4, 0.5) is 0 Å². The second kappa shape index (κ2) is 4.86. The van der Waals surface area contributed by atoms with Gasteiger partial charge in [-0.2, -0.15) is 0 Å². The van der Waals surface area contributed by atoms with Crippen LogP contribution in [0, 0.1) is 11.8 Å². The third-order valence-electron chi connectivity index (χ3n) is 4.43. The molecule has 20 heavy (non-hydrogen) atoms. The highest BCUT2D eigenvalue weighted by Crippen LogP contribution is 2.52. The van der Waals surface area contributed by atoms with Crippen molar-refractivity contribution in [3.63, 3.8) is 0 Å². The first kappa shape index (κ1) is 13.6. The van der Waals surface area contributed by atoms with Crippen molar-refractivity contribution >= 4 is 11.9 Å². The maximum Gasteiger partial charge on any atom is 0.312 e. The minimum atomic E-state index is -0.631. The van der Waals surface area contributed by atoms with Gasteiger partial charge in [0.15, 0.2) is 0 Å². The zero-order valence-corrected chi connectivity index (χ0v) is 11.7. The quantitative estimate of drug-likeness (QED) is 0.402. The minimum absolute atomic E-state index is 0.0108. The largest absolute Gasteiger partial charge is 0.469 e. The van der Waals surface area contributed by atoms with Gasteiger partial charge in [-0.3, -0.25) is 9.59 Å². The molecule has 2 fully saturated rings. The molecule has 0 aromatic rings. The van der Waals surface area contributed by atoms with Gasteiger partial charge in [0.05, 0.1) is 25.7 Å². The van der Waals surface area contributed by atoms with Crippen molar-refractivity contribution in [2.75, 3.05) is 33.9 Å². The molecule has 3 heterocycles. The van der Waals surface area contributed by atoms with E-state index in [1.165, 1.54) is 7.11 Å². The van der Waals surface area contributed by atoms with Crippen molar-refractivity contribution in [1.29, 1.82) is 0 Å². The normalized spacial score (nSPS) is 37.6. The first-order chi connectivity index (χ1) is 9.63. The van der Waals surface area contributed by atoms with E-state index in [1.807, 2.05) is 12.2 Å². The Hall–Kier alpha value is -1.40.